The molecule has 0 aromatic heterocycles. The third-order valence-electron chi connectivity index (χ3n) is 6.83. The van der Waals surface area contributed by atoms with E-state index in [1.54, 1.807) is 18.2 Å². The molecule has 0 radical (unpaired) electrons. The minimum atomic E-state index is -3.53. The molecule has 0 spiro atoms. The lowest BCUT2D eigenvalue weighted by Crippen LogP contribution is -2.46. The number of sulfonamides is 1. The van der Waals surface area contributed by atoms with E-state index >= 15 is 0 Å². The summed E-state index contributed by atoms with van der Waals surface area (Å²) in [4.78, 5) is 19.6. The van der Waals surface area contributed by atoms with E-state index in [0.29, 0.717) is 18.0 Å². The van der Waals surface area contributed by atoms with Gasteiger partial charge in [0, 0.05) is 50.9 Å². The van der Waals surface area contributed by atoms with E-state index in [9.17, 15) is 13.2 Å². The van der Waals surface area contributed by atoms with E-state index in [1.165, 1.54) is 0 Å². The van der Waals surface area contributed by atoms with Crippen molar-refractivity contribution in [3.05, 3.63) is 23.8 Å². The number of hydrogen-bond donors (Lipinski definition) is 1. The average molecular weight is 435 g/mol. The topological polar surface area (TPSA) is 73.0 Å². The minimum Gasteiger partial charge on any atom is -0.312 e. The number of anilines is 1. The number of carbonyl (C=O) groups is 1. The molecule has 1 aliphatic carbocycles. The summed E-state index contributed by atoms with van der Waals surface area (Å²) in [5.74, 6) is 0.361. The summed E-state index contributed by atoms with van der Waals surface area (Å²) in [5.41, 5.74) is 1.84. The Morgan fingerprint density at radius 1 is 1.10 bits per heavy atom. The van der Waals surface area contributed by atoms with Crippen LogP contribution in [0.1, 0.15) is 38.2 Å². The Morgan fingerprint density at radius 2 is 1.83 bits per heavy atom. The van der Waals surface area contributed by atoms with Gasteiger partial charge >= 0.3 is 0 Å². The maximum Gasteiger partial charge on any atom is 0.240 e. The molecule has 1 saturated heterocycles. The van der Waals surface area contributed by atoms with E-state index in [-0.39, 0.29) is 11.8 Å². The van der Waals surface area contributed by atoms with Crippen molar-refractivity contribution in [3.63, 3.8) is 0 Å². The molecule has 2 fully saturated rings. The molecule has 3 aliphatic rings. The summed E-state index contributed by atoms with van der Waals surface area (Å²) in [7, 11) is -3.53. The maximum atomic E-state index is 12.7. The predicted octanol–water partition coefficient (Wildman–Crippen LogP) is 1.68. The summed E-state index contributed by atoms with van der Waals surface area (Å²) in [6.45, 7) is 9.61. The number of nitrogens with zero attached hydrogens (tertiary/aromatic N) is 3. The van der Waals surface area contributed by atoms with Crippen molar-refractivity contribution in [1.29, 1.82) is 0 Å². The standard InChI is InChI=1S/C22H34N4O3S/c1-2-24-13-15-25(16-14-24)11-4-10-23-30(28,29)20-7-8-21-19(17-20)9-12-26(21)22(27)18-5-3-6-18/h7-8,17-18,23H,2-6,9-16H2,1H3. The van der Waals surface area contributed by atoms with E-state index < -0.39 is 10.0 Å². The monoisotopic (exact) mass is 434 g/mol. The highest BCUT2D eigenvalue weighted by Crippen LogP contribution is 2.35. The fourth-order valence-corrected chi connectivity index (χ4v) is 5.70. The Kier molecular flexibility index (Phi) is 6.77. The number of hydrogen-bond acceptors (Lipinski definition) is 5. The largest absolute Gasteiger partial charge is 0.312 e. The highest BCUT2D eigenvalue weighted by molar-refractivity contribution is 7.89. The van der Waals surface area contributed by atoms with E-state index in [0.717, 1.165) is 82.6 Å². The third-order valence-corrected chi connectivity index (χ3v) is 8.29. The number of fused-ring (bicyclic) bond motifs is 1. The van der Waals surface area contributed by atoms with Gasteiger partial charge in [-0.15, -0.1) is 0 Å². The van der Waals surface area contributed by atoms with Crippen molar-refractivity contribution in [2.75, 3.05) is 57.3 Å². The Bertz CT molecular complexity index is 861. The van der Waals surface area contributed by atoms with Gasteiger partial charge in [-0.25, -0.2) is 13.1 Å². The molecule has 2 aliphatic heterocycles. The molecule has 1 aromatic rings. The zero-order valence-corrected chi connectivity index (χ0v) is 18.8. The van der Waals surface area contributed by atoms with Crippen LogP contribution in [0.5, 0.6) is 0 Å². The fourth-order valence-electron chi connectivity index (χ4n) is 4.57. The summed E-state index contributed by atoms with van der Waals surface area (Å²) >= 11 is 0. The van der Waals surface area contributed by atoms with Crippen LogP contribution in [0, 0.1) is 5.92 Å². The van der Waals surface area contributed by atoms with Crippen molar-refractivity contribution in [2.24, 2.45) is 5.92 Å². The second-order valence-electron chi connectivity index (χ2n) is 8.69. The van der Waals surface area contributed by atoms with Gasteiger partial charge in [-0.1, -0.05) is 13.3 Å². The van der Waals surface area contributed by atoms with E-state index in [2.05, 4.69) is 21.4 Å². The smallest absolute Gasteiger partial charge is 0.240 e. The molecule has 7 nitrogen and oxygen atoms in total. The molecule has 1 amide bonds. The van der Waals surface area contributed by atoms with Gasteiger partial charge in [0.05, 0.1) is 4.90 Å². The molecule has 0 bridgehead atoms. The highest BCUT2D eigenvalue weighted by Gasteiger charge is 2.33. The minimum absolute atomic E-state index is 0.158. The number of piperazine rings is 1. The quantitative estimate of drug-likeness (QED) is 0.631. The molecule has 0 atom stereocenters. The van der Waals surface area contributed by atoms with Crippen LogP contribution in [-0.4, -0.2) is 76.5 Å². The summed E-state index contributed by atoms with van der Waals surface area (Å²) in [6.07, 6.45) is 4.63. The van der Waals surface area contributed by atoms with Crippen molar-refractivity contribution >= 4 is 21.6 Å². The predicted molar refractivity (Wildman–Crippen MR) is 118 cm³/mol. The highest BCUT2D eigenvalue weighted by atomic mass is 32.2. The maximum absolute atomic E-state index is 12.7. The van der Waals surface area contributed by atoms with Gasteiger partial charge in [-0.2, -0.15) is 0 Å². The van der Waals surface area contributed by atoms with Crippen LogP contribution in [0.4, 0.5) is 5.69 Å². The number of benzene rings is 1. The van der Waals surface area contributed by atoms with E-state index in [4.69, 9.17) is 0 Å². The molecule has 166 valence electrons. The van der Waals surface area contributed by atoms with Crippen LogP contribution in [0.3, 0.4) is 0 Å². The second kappa shape index (κ2) is 9.34. The average Bonchev–Trinajstić information content (AvgIpc) is 3.14. The normalized spacial score (nSPS) is 20.9. The van der Waals surface area contributed by atoms with Crippen LogP contribution in [-0.2, 0) is 21.2 Å². The first-order chi connectivity index (χ1) is 14.5. The number of likely N-dealkylation sites (N-methyl/N-ethyl adjacent to an activating group) is 1. The van der Waals surface area contributed by atoms with Gasteiger partial charge in [0.1, 0.15) is 0 Å². The number of amides is 1. The van der Waals surface area contributed by atoms with Gasteiger partial charge < -0.3 is 14.7 Å². The summed E-state index contributed by atoms with van der Waals surface area (Å²) in [5, 5.41) is 0. The molecule has 0 unspecified atom stereocenters. The first kappa shape index (κ1) is 21.7. The van der Waals surface area contributed by atoms with Gasteiger partial charge in [-0.3, -0.25) is 4.79 Å². The molecule has 1 aromatic carbocycles. The summed E-state index contributed by atoms with van der Waals surface area (Å²) in [6, 6.07) is 5.19. The van der Waals surface area contributed by atoms with Gasteiger partial charge in [0.2, 0.25) is 15.9 Å². The lowest BCUT2D eigenvalue weighted by atomic mass is 9.84. The first-order valence-electron chi connectivity index (χ1n) is 11.4. The van der Waals surface area contributed by atoms with Gasteiger partial charge in [0.15, 0.2) is 0 Å². The summed E-state index contributed by atoms with van der Waals surface area (Å²) < 4.78 is 28.2. The number of nitrogens with one attached hydrogen (secondary N) is 1. The SMILES string of the molecule is CCN1CCN(CCCNS(=O)(=O)c2ccc3c(c2)CCN3C(=O)C2CCC2)CC1. The molecule has 1 saturated carbocycles. The van der Waals surface area contributed by atoms with Crippen molar-refractivity contribution < 1.29 is 13.2 Å². The third kappa shape index (κ3) is 4.72. The zero-order chi connectivity index (χ0) is 21.1. The Labute approximate surface area is 180 Å². The van der Waals surface area contributed by atoms with E-state index in [1.807, 2.05) is 4.90 Å². The molecule has 1 N–H and O–H groups in total. The Morgan fingerprint density at radius 3 is 2.50 bits per heavy atom. The second-order valence-corrected chi connectivity index (χ2v) is 10.5. The fraction of sp³-hybridized carbons (Fsp3) is 0.682. The van der Waals surface area contributed by atoms with Crippen molar-refractivity contribution in [3.8, 4) is 0 Å². The van der Waals surface area contributed by atoms with Crippen LogP contribution in [0.25, 0.3) is 0 Å². The lowest BCUT2D eigenvalue weighted by molar-refractivity contribution is -0.124. The van der Waals surface area contributed by atoms with Crippen LogP contribution in [0.2, 0.25) is 0 Å². The Hall–Kier alpha value is -1.48. The lowest BCUT2D eigenvalue weighted by Gasteiger charge is -2.33. The molecular formula is C22H34N4O3S. The molecule has 2 heterocycles. The molecular weight excluding hydrogens is 400 g/mol. The zero-order valence-electron chi connectivity index (χ0n) is 18.0. The van der Waals surface area contributed by atoms with Crippen molar-refractivity contribution in [1.82, 2.24) is 14.5 Å². The molecule has 30 heavy (non-hydrogen) atoms. The van der Waals surface area contributed by atoms with Crippen molar-refractivity contribution in [2.45, 2.75) is 43.9 Å². The van der Waals surface area contributed by atoms with Crippen LogP contribution in [0.15, 0.2) is 23.1 Å². The Balaban J connectivity index is 1.29. The number of rotatable bonds is 8. The van der Waals surface area contributed by atoms with Crippen LogP contribution < -0.4 is 9.62 Å². The van der Waals surface area contributed by atoms with Crippen LogP contribution >= 0.6 is 0 Å². The molecule has 4 rings (SSSR count). The molecule has 8 heteroatoms. The van der Waals surface area contributed by atoms with Gasteiger partial charge in [0.25, 0.3) is 0 Å². The first-order valence-corrected chi connectivity index (χ1v) is 12.8. The number of carbonyl (C=O) groups excluding carboxylic acids is 1. The van der Waals surface area contributed by atoms with Gasteiger partial charge in [-0.05, 0) is 62.5 Å².